The molecular formula is C15H20ClN3O. The van der Waals surface area contributed by atoms with E-state index in [9.17, 15) is 5.11 Å². The van der Waals surface area contributed by atoms with E-state index in [1.807, 2.05) is 36.5 Å². The van der Waals surface area contributed by atoms with Gasteiger partial charge in [-0.25, -0.2) is 0 Å². The van der Waals surface area contributed by atoms with E-state index in [2.05, 4.69) is 16.9 Å². The summed E-state index contributed by atoms with van der Waals surface area (Å²) in [6.45, 7) is 4.79. The van der Waals surface area contributed by atoms with Gasteiger partial charge in [0.2, 0.25) is 0 Å². The van der Waals surface area contributed by atoms with Crippen molar-refractivity contribution in [1.82, 2.24) is 14.7 Å². The van der Waals surface area contributed by atoms with E-state index in [-0.39, 0.29) is 0 Å². The molecule has 108 valence electrons. The van der Waals surface area contributed by atoms with Gasteiger partial charge in [-0.1, -0.05) is 36.7 Å². The van der Waals surface area contributed by atoms with Crippen molar-refractivity contribution in [2.24, 2.45) is 0 Å². The minimum atomic E-state index is -0.447. The Morgan fingerprint density at radius 3 is 2.80 bits per heavy atom. The summed E-state index contributed by atoms with van der Waals surface area (Å²) in [6, 6.07) is 9.67. The van der Waals surface area contributed by atoms with Gasteiger partial charge in [-0.2, -0.15) is 5.10 Å². The molecule has 0 spiro atoms. The van der Waals surface area contributed by atoms with Gasteiger partial charge in [0.15, 0.2) is 0 Å². The van der Waals surface area contributed by atoms with Gasteiger partial charge in [0, 0.05) is 30.5 Å². The summed E-state index contributed by atoms with van der Waals surface area (Å²) in [5.41, 5.74) is 1.09. The van der Waals surface area contributed by atoms with Crippen LogP contribution in [-0.2, 0) is 13.1 Å². The molecule has 0 radical (unpaired) electrons. The molecule has 0 bridgehead atoms. The summed E-state index contributed by atoms with van der Waals surface area (Å²) in [5.74, 6) is 0. The van der Waals surface area contributed by atoms with E-state index >= 15 is 0 Å². The SMILES string of the molecule is CCN(Cc1ccccc1Cl)C[C@@H](O)Cn1cccn1. The quantitative estimate of drug-likeness (QED) is 0.852. The van der Waals surface area contributed by atoms with Gasteiger partial charge in [-0.3, -0.25) is 9.58 Å². The molecule has 5 heteroatoms. The van der Waals surface area contributed by atoms with Crippen LogP contribution in [0.5, 0.6) is 0 Å². The zero-order valence-electron chi connectivity index (χ0n) is 11.6. The molecule has 1 heterocycles. The van der Waals surface area contributed by atoms with Crippen molar-refractivity contribution in [1.29, 1.82) is 0 Å². The summed E-state index contributed by atoms with van der Waals surface area (Å²) in [6.07, 6.45) is 3.12. The Kier molecular flexibility index (Phi) is 5.59. The lowest BCUT2D eigenvalue weighted by atomic mass is 10.2. The predicted octanol–water partition coefficient (Wildman–Crippen LogP) is 2.42. The number of aliphatic hydroxyl groups is 1. The number of hydrogen-bond acceptors (Lipinski definition) is 3. The topological polar surface area (TPSA) is 41.3 Å². The van der Waals surface area contributed by atoms with Crippen LogP contribution in [0.1, 0.15) is 12.5 Å². The van der Waals surface area contributed by atoms with Crippen LogP contribution in [0, 0.1) is 0 Å². The van der Waals surface area contributed by atoms with Crippen molar-refractivity contribution in [2.75, 3.05) is 13.1 Å². The van der Waals surface area contributed by atoms with Gasteiger partial charge in [-0.05, 0) is 24.2 Å². The molecule has 1 N–H and O–H groups in total. The van der Waals surface area contributed by atoms with Gasteiger partial charge in [-0.15, -0.1) is 0 Å². The van der Waals surface area contributed by atoms with Crippen LogP contribution in [0.2, 0.25) is 5.02 Å². The Hall–Kier alpha value is -1.36. The summed E-state index contributed by atoms with van der Waals surface area (Å²) in [4.78, 5) is 2.18. The number of benzene rings is 1. The van der Waals surface area contributed by atoms with Crippen molar-refractivity contribution < 1.29 is 5.11 Å². The lowest BCUT2D eigenvalue weighted by molar-refractivity contribution is 0.0941. The number of aromatic nitrogens is 2. The van der Waals surface area contributed by atoms with Crippen LogP contribution in [0.3, 0.4) is 0 Å². The third-order valence-corrected chi connectivity index (χ3v) is 3.59. The van der Waals surface area contributed by atoms with E-state index in [0.29, 0.717) is 13.1 Å². The number of nitrogens with zero attached hydrogens (tertiary/aromatic N) is 3. The number of hydrogen-bond donors (Lipinski definition) is 1. The lowest BCUT2D eigenvalue weighted by Gasteiger charge is -2.24. The van der Waals surface area contributed by atoms with Gasteiger partial charge >= 0.3 is 0 Å². The molecule has 1 atom stereocenters. The number of rotatable bonds is 7. The largest absolute Gasteiger partial charge is 0.390 e. The van der Waals surface area contributed by atoms with Crippen LogP contribution in [-0.4, -0.2) is 39.0 Å². The Balaban J connectivity index is 1.90. The Morgan fingerprint density at radius 2 is 2.15 bits per heavy atom. The highest BCUT2D eigenvalue weighted by Crippen LogP contribution is 2.17. The van der Waals surface area contributed by atoms with Crippen molar-refractivity contribution in [3.8, 4) is 0 Å². The Bertz CT molecular complexity index is 516. The molecule has 2 aromatic rings. The molecule has 0 fully saturated rings. The highest BCUT2D eigenvalue weighted by molar-refractivity contribution is 6.31. The van der Waals surface area contributed by atoms with Crippen LogP contribution in [0.4, 0.5) is 0 Å². The van der Waals surface area contributed by atoms with Gasteiger partial charge in [0.1, 0.15) is 0 Å². The normalized spacial score (nSPS) is 12.8. The number of halogens is 1. The predicted molar refractivity (Wildman–Crippen MR) is 80.6 cm³/mol. The van der Waals surface area contributed by atoms with Gasteiger partial charge in [0.25, 0.3) is 0 Å². The van der Waals surface area contributed by atoms with Crippen molar-refractivity contribution in [3.63, 3.8) is 0 Å². The van der Waals surface area contributed by atoms with Crippen LogP contribution < -0.4 is 0 Å². The molecule has 0 aliphatic rings. The summed E-state index contributed by atoms with van der Waals surface area (Å²) < 4.78 is 1.74. The molecule has 0 unspecified atom stereocenters. The average Bonchev–Trinajstić information content (AvgIpc) is 2.93. The third-order valence-electron chi connectivity index (χ3n) is 3.22. The van der Waals surface area contributed by atoms with Crippen molar-refractivity contribution in [3.05, 3.63) is 53.3 Å². The second-order valence-corrected chi connectivity index (χ2v) is 5.21. The van der Waals surface area contributed by atoms with E-state index in [0.717, 1.165) is 23.7 Å². The second-order valence-electron chi connectivity index (χ2n) is 4.80. The molecule has 1 aromatic carbocycles. The molecule has 0 amide bonds. The highest BCUT2D eigenvalue weighted by Gasteiger charge is 2.12. The number of aliphatic hydroxyl groups excluding tert-OH is 1. The molecule has 1 aromatic heterocycles. The van der Waals surface area contributed by atoms with Gasteiger partial charge < -0.3 is 5.11 Å². The maximum Gasteiger partial charge on any atom is 0.0862 e. The first-order valence-electron chi connectivity index (χ1n) is 6.80. The van der Waals surface area contributed by atoms with Crippen molar-refractivity contribution >= 4 is 11.6 Å². The van der Waals surface area contributed by atoms with Crippen LogP contribution in [0.15, 0.2) is 42.7 Å². The van der Waals surface area contributed by atoms with Crippen molar-refractivity contribution in [2.45, 2.75) is 26.1 Å². The molecule has 20 heavy (non-hydrogen) atoms. The molecule has 0 aliphatic carbocycles. The van der Waals surface area contributed by atoms with Crippen LogP contribution >= 0.6 is 11.6 Å². The second kappa shape index (κ2) is 7.43. The van der Waals surface area contributed by atoms with E-state index < -0.39 is 6.10 Å². The maximum absolute atomic E-state index is 10.1. The monoisotopic (exact) mass is 293 g/mol. The van der Waals surface area contributed by atoms with Crippen LogP contribution in [0.25, 0.3) is 0 Å². The fraction of sp³-hybridized carbons (Fsp3) is 0.400. The Morgan fingerprint density at radius 1 is 1.35 bits per heavy atom. The first kappa shape index (κ1) is 15.0. The lowest BCUT2D eigenvalue weighted by Crippen LogP contribution is -2.34. The molecule has 0 saturated heterocycles. The first-order valence-corrected chi connectivity index (χ1v) is 7.18. The zero-order valence-corrected chi connectivity index (χ0v) is 12.4. The molecule has 4 nitrogen and oxygen atoms in total. The smallest absolute Gasteiger partial charge is 0.0862 e. The Labute approximate surface area is 124 Å². The number of likely N-dealkylation sites (N-methyl/N-ethyl adjacent to an activating group) is 1. The molecule has 2 rings (SSSR count). The zero-order chi connectivity index (χ0) is 14.4. The van der Waals surface area contributed by atoms with E-state index in [1.165, 1.54) is 0 Å². The summed E-state index contributed by atoms with van der Waals surface area (Å²) in [7, 11) is 0. The molecular weight excluding hydrogens is 274 g/mol. The fourth-order valence-electron chi connectivity index (χ4n) is 2.15. The van der Waals surface area contributed by atoms with E-state index in [1.54, 1.807) is 10.9 Å². The highest BCUT2D eigenvalue weighted by atomic mass is 35.5. The minimum absolute atomic E-state index is 0.447. The fourth-order valence-corrected chi connectivity index (χ4v) is 2.35. The first-order chi connectivity index (χ1) is 9.69. The maximum atomic E-state index is 10.1. The summed E-state index contributed by atoms with van der Waals surface area (Å²) >= 11 is 6.17. The molecule has 0 saturated carbocycles. The van der Waals surface area contributed by atoms with Gasteiger partial charge in [0.05, 0.1) is 12.6 Å². The van der Waals surface area contributed by atoms with E-state index in [4.69, 9.17) is 11.6 Å². The average molecular weight is 294 g/mol. The third kappa shape index (κ3) is 4.34. The summed E-state index contributed by atoms with van der Waals surface area (Å²) in [5, 5.41) is 15.0. The minimum Gasteiger partial charge on any atom is -0.390 e. The molecule has 0 aliphatic heterocycles. The standard InChI is InChI=1S/C15H20ClN3O/c1-2-18(10-13-6-3-4-7-15(13)16)11-14(20)12-19-9-5-8-17-19/h3-9,14,20H,2,10-12H2,1H3/t14-/m1/s1.